The highest BCUT2D eigenvalue weighted by Crippen LogP contribution is 2.41. The SMILES string of the molecule is CCOC(=O)c1c(C)[nH]c(/C=C2\C(=O)Nc3cccc(-c4cncc(C(=O)O)c4)c32)c1CCCN1CCN(C)CC1. The van der Waals surface area contributed by atoms with Gasteiger partial charge in [-0.25, -0.2) is 9.59 Å². The van der Waals surface area contributed by atoms with Gasteiger partial charge in [-0.2, -0.15) is 0 Å². The van der Waals surface area contributed by atoms with Crippen LogP contribution in [0.4, 0.5) is 5.69 Å². The number of esters is 1. The van der Waals surface area contributed by atoms with E-state index < -0.39 is 5.97 Å². The van der Waals surface area contributed by atoms with Gasteiger partial charge in [0.15, 0.2) is 0 Å². The van der Waals surface area contributed by atoms with Crippen LogP contribution in [0.5, 0.6) is 0 Å². The van der Waals surface area contributed by atoms with Crippen LogP contribution >= 0.6 is 0 Å². The van der Waals surface area contributed by atoms with Crippen molar-refractivity contribution in [2.75, 3.05) is 51.7 Å². The zero-order chi connectivity index (χ0) is 29.1. The molecule has 41 heavy (non-hydrogen) atoms. The lowest BCUT2D eigenvalue weighted by Crippen LogP contribution is -2.44. The summed E-state index contributed by atoms with van der Waals surface area (Å²) in [6.45, 7) is 8.91. The maximum absolute atomic E-state index is 13.3. The molecule has 214 valence electrons. The van der Waals surface area contributed by atoms with Gasteiger partial charge in [0.2, 0.25) is 0 Å². The van der Waals surface area contributed by atoms with E-state index >= 15 is 0 Å². The van der Waals surface area contributed by atoms with Crippen LogP contribution < -0.4 is 5.32 Å². The van der Waals surface area contributed by atoms with Gasteiger partial charge in [-0.15, -0.1) is 0 Å². The molecular weight excluding hydrogens is 522 g/mol. The quantitative estimate of drug-likeness (QED) is 0.267. The first-order chi connectivity index (χ1) is 19.8. The van der Waals surface area contributed by atoms with Crippen molar-refractivity contribution in [1.29, 1.82) is 0 Å². The molecule has 1 saturated heterocycles. The highest BCUT2D eigenvalue weighted by molar-refractivity contribution is 6.36. The number of nitrogens with one attached hydrogen (secondary N) is 2. The maximum atomic E-state index is 13.3. The van der Waals surface area contributed by atoms with E-state index in [9.17, 15) is 19.5 Å². The summed E-state index contributed by atoms with van der Waals surface area (Å²) < 4.78 is 5.40. The number of aromatic carboxylic acids is 1. The van der Waals surface area contributed by atoms with Crippen molar-refractivity contribution >= 4 is 35.2 Å². The van der Waals surface area contributed by atoms with Crippen molar-refractivity contribution in [3.05, 3.63) is 70.3 Å². The number of aromatic nitrogens is 2. The summed E-state index contributed by atoms with van der Waals surface area (Å²) in [4.78, 5) is 50.1. The number of fused-ring (bicyclic) bond motifs is 1. The van der Waals surface area contributed by atoms with Crippen molar-refractivity contribution in [2.45, 2.75) is 26.7 Å². The average Bonchev–Trinajstić information content (AvgIpc) is 3.45. The molecule has 3 N–H and O–H groups in total. The molecule has 1 aromatic carbocycles. The van der Waals surface area contributed by atoms with Crippen molar-refractivity contribution in [3.8, 4) is 11.1 Å². The number of H-pyrrole nitrogens is 1. The molecule has 2 aromatic heterocycles. The monoisotopic (exact) mass is 557 g/mol. The number of benzene rings is 1. The molecule has 1 amide bonds. The van der Waals surface area contributed by atoms with Crippen molar-refractivity contribution in [2.24, 2.45) is 0 Å². The van der Waals surface area contributed by atoms with E-state index in [1.54, 1.807) is 25.3 Å². The normalized spacial score (nSPS) is 16.6. The highest BCUT2D eigenvalue weighted by Gasteiger charge is 2.29. The number of carboxylic acids is 1. The number of rotatable bonds is 9. The lowest BCUT2D eigenvalue weighted by Gasteiger charge is -2.32. The van der Waals surface area contributed by atoms with Gasteiger partial charge in [0, 0.05) is 66.8 Å². The number of carbonyl (C=O) groups excluding carboxylic acids is 2. The first-order valence-electron chi connectivity index (χ1n) is 13.9. The Morgan fingerprint density at radius 2 is 1.95 bits per heavy atom. The van der Waals surface area contributed by atoms with Crippen LogP contribution in [-0.4, -0.2) is 89.1 Å². The van der Waals surface area contributed by atoms with Gasteiger partial charge in [0.1, 0.15) is 0 Å². The molecule has 0 unspecified atom stereocenters. The number of anilines is 1. The average molecular weight is 558 g/mol. The third kappa shape index (κ3) is 5.94. The van der Waals surface area contributed by atoms with Crippen molar-refractivity contribution < 1.29 is 24.2 Å². The molecule has 2 aliphatic heterocycles. The number of hydrogen-bond acceptors (Lipinski definition) is 7. The Kier molecular flexibility index (Phi) is 8.32. The molecule has 3 aromatic rings. The summed E-state index contributed by atoms with van der Waals surface area (Å²) in [6.07, 6.45) is 6.17. The molecule has 10 nitrogen and oxygen atoms in total. The molecular formula is C31H35N5O5. The van der Waals surface area contributed by atoms with E-state index in [4.69, 9.17) is 4.74 Å². The molecule has 0 bridgehead atoms. The number of likely N-dealkylation sites (N-methyl/N-ethyl adjacent to an activating group) is 1. The largest absolute Gasteiger partial charge is 0.478 e. The van der Waals surface area contributed by atoms with Gasteiger partial charge in [-0.3, -0.25) is 9.78 Å². The fourth-order valence-electron chi connectivity index (χ4n) is 5.59. The molecule has 0 spiro atoms. The first kappa shape index (κ1) is 28.3. The minimum absolute atomic E-state index is 0.0598. The van der Waals surface area contributed by atoms with E-state index in [1.165, 1.54) is 6.20 Å². The fraction of sp³-hybridized carbons (Fsp3) is 0.355. The molecule has 0 radical (unpaired) electrons. The maximum Gasteiger partial charge on any atom is 0.340 e. The molecule has 0 saturated carbocycles. The molecule has 4 heterocycles. The lowest BCUT2D eigenvalue weighted by atomic mass is 9.94. The predicted octanol–water partition coefficient (Wildman–Crippen LogP) is 3.93. The zero-order valence-corrected chi connectivity index (χ0v) is 23.6. The second-order valence-electron chi connectivity index (χ2n) is 10.5. The van der Waals surface area contributed by atoms with Gasteiger partial charge in [0.25, 0.3) is 5.91 Å². The van der Waals surface area contributed by atoms with Gasteiger partial charge < -0.3 is 29.9 Å². The van der Waals surface area contributed by atoms with Crippen LogP contribution in [0.25, 0.3) is 22.8 Å². The van der Waals surface area contributed by atoms with Gasteiger partial charge >= 0.3 is 11.9 Å². The van der Waals surface area contributed by atoms with Crippen molar-refractivity contribution in [1.82, 2.24) is 19.8 Å². The van der Waals surface area contributed by atoms with Crippen molar-refractivity contribution in [3.63, 3.8) is 0 Å². The van der Waals surface area contributed by atoms with Gasteiger partial charge in [-0.05, 0) is 69.6 Å². The predicted molar refractivity (Wildman–Crippen MR) is 157 cm³/mol. The molecule has 2 aliphatic rings. The number of aryl methyl sites for hydroxylation is 1. The van der Waals surface area contributed by atoms with Crippen LogP contribution in [0.3, 0.4) is 0 Å². The molecule has 10 heteroatoms. The molecule has 0 atom stereocenters. The minimum atomic E-state index is -1.08. The Hall–Kier alpha value is -4.28. The Labute approximate surface area is 239 Å². The number of ether oxygens (including phenoxy) is 1. The standard InChI is InChI=1S/C31H35N5O5/c1-4-41-31(40)27-19(2)33-26(23(27)8-6-10-36-13-11-35(3)12-14-36)16-24-28-22(7-5-9-25(28)34-29(24)37)20-15-21(30(38)39)18-32-17-20/h5,7,9,15-18,33H,4,6,8,10-14H2,1-3H3,(H,34,37)(H,38,39)/b24-16-. The van der Waals surface area contributed by atoms with E-state index in [0.29, 0.717) is 51.3 Å². The summed E-state index contributed by atoms with van der Waals surface area (Å²) >= 11 is 0. The van der Waals surface area contributed by atoms with Crippen LogP contribution in [0, 0.1) is 6.92 Å². The van der Waals surface area contributed by atoms with Gasteiger partial charge in [-0.1, -0.05) is 12.1 Å². The van der Waals surface area contributed by atoms with E-state index in [0.717, 1.165) is 44.7 Å². The summed E-state index contributed by atoms with van der Waals surface area (Å²) in [7, 11) is 2.13. The molecule has 1 fully saturated rings. The zero-order valence-electron chi connectivity index (χ0n) is 23.6. The number of amides is 1. The Morgan fingerprint density at radius 1 is 1.17 bits per heavy atom. The number of hydrogen-bond donors (Lipinski definition) is 3. The van der Waals surface area contributed by atoms with E-state index in [2.05, 4.69) is 32.1 Å². The smallest absolute Gasteiger partial charge is 0.340 e. The molecule has 5 rings (SSSR count). The number of nitrogens with zero attached hydrogens (tertiary/aromatic N) is 3. The van der Waals surface area contributed by atoms with Crippen LogP contribution in [0.1, 0.15) is 56.6 Å². The first-order valence-corrected chi connectivity index (χ1v) is 13.9. The third-order valence-electron chi connectivity index (χ3n) is 7.71. The summed E-state index contributed by atoms with van der Waals surface area (Å²) in [6, 6.07) is 7.02. The van der Waals surface area contributed by atoms with E-state index in [1.807, 2.05) is 25.1 Å². The fourth-order valence-corrected chi connectivity index (χ4v) is 5.59. The van der Waals surface area contributed by atoms with Crippen LogP contribution in [-0.2, 0) is 16.0 Å². The summed E-state index contributed by atoms with van der Waals surface area (Å²) in [5.41, 5.74) is 5.78. The number of pyridine rings is 1. The lowest BCUT2D eigenvalue weighted by molar-refractivity contribution is -0.110. The van der Waals surface area contributed by atoms with Crippen LogP contribution in [0.15, 0.2) is 36.7 Å². The number of aromatic amines is 1. The third-order valence-corrected chi connectivity index (χ3v) is 7.71. The molecule has 0 aliphatic carbocycles. The number of carboxylic acid groups (broad SMARTS) is 1. The Bertz CT molecular complexity index is 1520. The number of carbonyl (C=O) groups is 3. The minimum Gasteiger partial charge on any atom is -0.478 e. The Balaban J connectivity index is 1.53. The second-order valence-corrected chi connectivity index (χ2v) is 10.5. The summed E-state index contributed by atoms with van der Waals surface area (Å²) in [5, 5.41) is 12.4. The Morgan fingerprint density at radius 3 is 2.68 bits per heavy atom. The van der Waals surface area contributed by atoms with Crippen LogP contribution in [0.2, 0.25) is 0 Å². The highest BCUT2D eigenvalue weighted by atomic mass is 16.5. The number of piperazine rings is 1. The van der Waals surface area contributed by atoms with E-state index in [-0.39, 0.29) is 24.0 Å². The summed E-state index contributed by atoms with van der Waals surface area (Å²) in [5.74, 6) is -1.73. The van der Waals surface area contributed by atoms with Gasteiger partial charge in [0.05, 0.1) is 23.3 Å². The second kappa shape index (κ2) is 12.1. The topological polar surface area (TPSA) is 128 Å².